The number of rotatable bonds is 8. The first-order chi connectivity index (χ1) is 16.0. The molecule has 0 saturated carbocycles. The molecule has 0 bridgehead atoms. The van der Waals surface area contributed by atoms with Crippen LogP contribution in [0.25, 0.3) is 11.1 Å². The summed E-state index contributed by atoms with van der Waals surface area (Å²) in [5.41, 5.74) is 3.70. The van der Waals surface area contributed by atoms with Crippen LogP contribution in [0.3, 0.4) is 0 Å². The summed E-state index contributed by atoms with van der Waals surface area (Å²) in [6.07, 6.45) is -1.50. The summed E-state index contributed by atoms with van der Waals surface area (Å²) < 4.78 is 10.6. The molecule has 2 aromatic rings. The molecule has 0 aromatic heterocycles. The van der Waals surface area contributed by atoms with E-state index >= 15 is 0 Å². The predicted octanol–water partition coefficient (Wildman–Crippen LogP) is 3.54. The summed E-state index contributed by atoms with van der Waals surface area (Å²) in [6.45, 7) is 6.98. The van der Waals surface area contributed by atoms with Crippen LogP contribution >= 0.6 is 0 Å². The lowest BCUT2D eigenvalue weighted by atomic mass is 9.86. The Kier molecular flexibility index (Phi) is 7.61. The van der Waals surface area contributed by atoms with E-state index in [-0.39, 0.29) is 12.5 Å². The van der Waals surface area contributed by atoms with E-state index in [2.05, 4.69) is 10.6 Å². The van der Waals surface area contributed by atoms with E-state index in [9.17, 15) is 19.5 Å². The number of carbonyl (C=O) groups excluding carboxylic acids is 2. The van der Waals surface area contributed by atoms with Gasteiger partial charge in [0.1, 0.15) is 12.6 Å². The molecule has 2 aromatic carbocycles. The van der Waals surface area contributed by atoms with Gasteiger partial charge in [0.05, 0.1) is 6.10 Å². The standard InChI is InChI=1S/C26H32N2O6/c1-15(33-5)21(24(30)31)27-23(29)22(26(2,3)4)28-25(32)34-14-20-18-12-8-6-10-16(18)17-11-7-9-13-19(17)20/h6-13,15,20-22H,14H2,1-5H3,(H,27,29)(H,28,32)(H,30,31)/t15-,21+,22?/m1/s1. The van der Waals surface area contributed by atoms with Crippen molar-refractivity contribution >= 4 is 18.0 Å². The summed E-state index contributed by atoms with van der Waals surface area (Å²) >= 11 is 0. The number of carboxylic acids is 1. The fourth-order valence-electron chi connectivity index (χ4n) is 4.19. The summed E-state index contributed by atoms with van der Waals surface area (Å²) in [4.78, 5) is 37.3. The maximum atomic E-state index is 12.9. The minimum atomic E-state index is -1.26. The molecule has 8 heteroatoms. The van der Waals surface area contributed by atoms with E-state index in [0.29, 0.717) is 0 Å². The number of methoxy groups -OCH3 is 1. The Morgan fingerprint density at radius 3 is 1.97 bits per heavy atom. The van der Waals surface area contributed by atoms with Gasteiger partial charge >= 0.3 is 12.1 Å². The summed E-state index contributed by atoms with van der Waals surface area (Å²) in [6, 6.07) is 13.7. The zero-order valence-electron chi connectivity index (χ0n) is 20.1. The number of nitrogens with one attached hydrogen (secondary N) is 2. The van der Waals surface area contributed by atoms with Gasteiger partial charge in [-0.25, -0.2) is 9.59 Å². The van der Waals surface area contributed by atoms with Crippen LogP contribution in [0.15, 0.2) is 48.5 Å². The van der Waals surface area contributed by atoms with Crippen LogP contribution in [0, 0.1) is 5.41 Å². The molecule has 0 fully saturated rings. The highest BCUT2D eigenvalue weighted by Crippen LogP contribution is 2.44. The highest BCUT2D eigenvalue weighted by Gasteiger charge is 2.37. The average Bonchev–Trinajstić information content (AvgIpc) is 3.11. The quantitative estimate of drug-likeness (QED) is 0.546. The van der Waals surface area contributed by atoms with E-state index in [4.69, 9.17) is 9.47 Å². The smallest absolute Gasteiger partial charge is 0.407 e. The number of aliphatic carboxylic acids is 1. The van der Waals surface area contributed by atoms with Crippen molar-refractivity contribution in [1.82, 2.24) is 10.6 Å². The van der Waals surface area contributed by atoms with Gasteiger partial charge in [-0.3, -0.25) is 4.79 Å². The van der Waals surface area contributed by atoms with Crippen molar-refractivity contribution in [1.29, 1.82) is 0 Å². The molecule has 1 aliphatic rings. The van der Waals surface area contributed by atoms with Crippen molar-refractivity contribution in [2.75, 3.05) is 13.7 Å². The molecule has 0 aliphatic heterocycles. The molecule has 0 heterocycles. The Bertz CT molecular complexity index is 1020. The minimum Gasteiger partial charge on any atom is -0.480 e. The molecule has 182 valence electrons. The number of amides is 2. The number of ether oxygens (including phenoxy) is 2. The monoisotopic (exact) mass is 468 g/mol. The van der Waals surface area contributed by atoms with E-state index in [1.807, 2.05) is 48.5 Å². The molecule has 8 nitrogen and oxygen atoms in total. The highest BCUT2D eigenvalue weighted by molar-refractivity contribution is 5.90. The molecule has 3 atom stereocenters. The summed E-state index contributed by atoms with van der Waals surface area (Å²) in [5, 5.41) is 14.5. The average molecular weight is 469 g/mol. The van der Waals surface area contributed by atoms with Crippen molar-refractivity contribution in [3.8, 4) is 11.1 Å². The molecule has 3 rings (SSSR count). The fraction of sp³-hybridized carbons (Fsp3) is 0.423. The third kappa shape index (κ3) is 5.39. The Morgan fingerprint density at radius 2 is 1.50 bits per heavy atom. The molecule has 2 amide bonds. The van der Waals surface area contributed by atoms with Crippen LogP contribution in [0.1, 0.15) is 44.7 Å². The molecule has 3 N–H and O–H groups in total. The van der Waals surface area contributed by atoms with Crippen molar-refractivity contribution in [2.24, 2.45) is 5.41 Å². The van der Waals surface area contributed by atoms with Gasteiger partial charge in [0.25, 0.3) is 0 Å². The van der Waals surface area contributed by atoms with E-state index in [1.165, 1.54) is 7.11 Å². The zero-order chi connectivity index (χ0) is 25.0. The van der Waals surface area contributed by atoms with Gasteiger partial charge in [0.15, 0.2) is 6.04 Å². The topological polar surface area (TPSA) is 114 Å². The largest absolute Gasteiger partial charge is 0.480 e. The number of hydrogen-bond acceptors (Lipinski definition) is 5. The highest BCUT2D eigenvalue weighted by atomic mass is 16.5. The molecule has 0 spiro atoms. The van der Waals surface area contributed by atoms with Crippen molar-refractivity contribution in [2.45, 2.75) is 51.8 Å². The molecule has 1 unspecified atom stereocenters. The normalized spacial score (nSPS) is 15.4. The number of alkyl carbamates (subject to hydrolysis) is 1. The first-order valence-corrected chi connectivity index (χ1v) is 11.2. The Balaban J connectivity index is 1.70. The zero-order valence-corrected chi connectivity index (χ0v) is 20.1. The Labute approximate surface area is 199 Å². The number of carboxylic acid groups (broad SMARTS) is 1. The third-order valence-electron chi connectivity index (χ3n) is 6.14. The first kappa shape index (κ1) is 25.2. The molecular formula is C26H32N2O6. The molecule has 1 aliphatic carbocycles. The van der Waals surface area contributed by atoms with Gasteiger partial charge in [-0.1, -0.05) is 69.3 Å². The summed E-state index contributed by atoms with van der Waals surface area (Å²) in [7, 11) is 1.36. The lowest BCUT2D eigenvalue weighted by Gasteiger charge is -2.32. The van der Waals surface area contributed by atoms with Gasteiger partial charge in [-0.05, 0) is 34.6 Å². The fourth-order valence-corrected chi connectivity index (χ4v) is 4.19. The SMILES string of the molecule is CO[C@H](C)[C@H](NC(=O)C(NC(=O)OCC1c2ccccc2-c2ccccc21)C(C)(C)C)C(=O)O. The van der Waals surface area contributed by atoms with Gasteiger partial charge in [-0.15, -0.1) is 0 Å². The van der Waals surface area contributed by atoms with E-state index < -0.39 is 41.6 Å². The Morgan fingerprint density at radius 1 is 0.971 bits per heavy atom. The number of hydrogen-bond donors (Lipinski definition) is 3. The van der Waals surface area contributed by atoms with Gasteiger partial charge in [0, 0.05) is 13.0 Å². The second-order valence-corrected chi connectivity index (χ2v) is 9.53. The van der Waals surface area contributed by atoms with Gasteiger partial charge < -0.3 is 25.2 Å². The van der Waals surface area contributed by atoms with Crippen LogP contribution in [-0.2, 0) is 19.1 Å². The predicted molar refractivity (Wildman–Crippen MR) is 127 cm³/mol. The minimum absolute atomic E-state index is 0.108. The van der Waals surface area contributed by atoms with Crippen LogP contribution in [0.2, 0.25) is 0 Å². The number of carbonyl (C=O) groups is 3. The molecular weight excluding hydrogens is 436 g/mol. The second-order valence-electron chi connectivity index (χ2n) is 9.53. The lowest BCUT2D eigenvalue weighted by Crippen LogP contribution is -2.58. The maximum Gasteiger partial charge on any atom is 0.407 e. The number of fused-ring (bicyclic) bond motifs is 3. The lowest BCUT2D eigenvalue weighted by molar-refractivity contribution is -0.146. The third-order valence-corrected chi connectivity index (χ3v) is 6.14. The van der Waals surface area contributed by atoms with Crippen LogP contribution in [0.5, 0.6) is 0 Å². The molecule has 0 radical (unpaired) electrons. The van der Waals surface area contributed by atoms with E-state index in [1.54, 1.807) is 27.7 Å². The first-order valence-electron chi connectivity index (χ1n) is 11.2. The maximum absolute atomic E-state index is 12.9. The molecule has 34 heavy (non-hydrogen) atoms. The van der Waals surface area contributed by atoms with Gasteiger partial charge in [-0.2, -0.15) is 0 Å². The summed E-state index contributed by atoms with van der Waals surface area (Å²) in [5.74, 6) is -1.96. The molecule has 0 saturated heterocycles. The van der Waals surface area contributed by atoms with Crippen molar-refractivity contribution in [3.05, 3.63) is 59.7 Å². The van der Waals surface area contributed by atoms with Crippen molar-refractivity contribution in [3.63, 3.8) is 0 Å². The Hall–Kier alpha value is -3.39. The van der Waals surface area contributed by atoms with Crippen LogP contribution < -0.4 is 10.6 Å². The van der Waals surface area contributed by atoms with Crippen LogP contribution in [0.4, 0.5) is 4.79 Å². The van der Waals surface area contributed by atoms with Crippen molar-refractivity contribution < 1.29 is 29.0 Å². The van der Waals surface area contributed by atoms with Crippen LogP contribution in [-0.4, -0.2) is 55.0 Å². The second kappa shape index (κ2) is 10.3. The number of benzene rings is 2. The van der Waals surface area contributed by atoms with E-state index in [0.717, 1.165) is 22.3 Å². The van der Waals surface area contributed by atoms with Gasteiger partial charge in [0.2, 0.25) is 5.91 Å².